The average Bonchev–Trinajstić information content (AvgIpc) is 2.78. The third kappa shape index (κ3) is 2.92. The van der Waals surface area contributed by atoms with Crippen LogP contribution in [0.3, 0.4) is 0 Å². The lowest BCUT2D eigenvalue weighted by molar-refractivity contribution is 0.295. The Bertz CT molecular complexity index is 377. The third-order valence-electron chi connectivity index (χ3n) is 4.21. The van der Waals surface area contributed by atoms with E-state index in [4.69, 9.17) is 0 Å². The molecule has 1 N–H and O–H groups in total. The van der Waals surface area contributed by atoms with Crippen LogP contribution in [0.25, 0.3) is 0 Å². The van der Waals surface area contributed by atoms with Gasteiger partial charge in [0.1, 0.15) is 5.82 Å². The van der Waals surface area contributed by atoms with E-state index in [-0.39, 0.29) is 11.9 Å². The fourth-order valence-corrected chi connectivity index (χ4v) is 3.19. The van der Waals surface area contributed by atoms with E-state index >= 15 is 0 Å². The summed E-state index contributed by atoms with van der Waals surface area (Å²) < 4.78 is 14.0. The van der Waals surface area contributed by atoms with Gasteiger partial charge in [-0.05, 0) is 37.3 Å². The van der Waals surface area contributed by atoms with E-state index in [0.29, 0.717) is 11.8 Å². The van der Waals surface area contributed by atoms with Crippen LogP contribution in [0.4, 0.5) is 4.39 Å². The lowest BCUT2D eigenvalue weighted by Crippen LogP contribution is -2.31. The van der Waals surface area contributed by atoms with Crippen molar-refractivity contribution in [2.45, 2.75) is 45.6 Å². The Labute approximate surface area is 110 Å². The SMILES string of the molecule is CCCNC(c1ccccc1F)C1CCCC1C. The van der Waals surface area contributed by atoms with Crippen molar-refractivity contribution in [3.63, 3.8) is 0 Å². The van der Waals surface area contributed by atoms with Gasteiger partial charge >= 0.3 is 0 Å². The van der Waals surface area contributed by atoms with E-state index in [9.17, 15) is 4.39 Å². The molecule has 0 heterocycles. The first-order valence-corrected chi connectivity index (χ1v) is 7.21. The number of rotatable bonds is 5. The first-order valence-electron chi connectivity index (χ1n) is 7.21. The molecular formula is C16H24FN. The van der Waals surface area contributed by atoms with E-state index in [0.717, 1.165) is 18.5 Å². The van der Waals surface area contributed by atoms with Gasteiger partial charge in [-0.2, -0.15) is 0 Å². The molecule has 0 aliphatic heterocycles. The minimum Gasteiger partial charge on any atom is -0.310 e. The van der Waals surface area contributed by atoms with Gasteiger partial charge in [-0.3, -0.25) is 0 Å². The zero-order valence-electron chi connectivity index (χ0n) is 11.5. The molecule has 3 unspecified atom stereocenters. The molecule has 100 valence electrons. The minimum atomic E-state index is -0.0646. The molecule has 0 radical (unpaired) electrons. The number of halogens is 1. The second-order valence-electron chi connectivity index (χ2n) is 5.53. The zero-order chi connectivity index (χ0) is 13.0. The highest BCUT2D eigenvalue weighted by Gasteiger charge is 2.32. The zero-order valence-corrected chi connectivity index (χ0v) is 11.5. The molecule has 0 bridgehead atoms. The molecule has 0 saturated heterocycles. The number of hydrogen-bond acceptors (Lipinski definition) is 1. The van der Waals surface area contributed by atoms with Crippen molar-refractivity contribution in [1.29, 1.82) is 0 Å². The second kappa shape index (κ2) is 6.33. The normalized spacial score (nSPS) is 25.3. The molecule has 0 aromatic heterocycles. The molecule has 0 spiro atoms. The monoisotopic (exact) mass is 249 g/mol. The summed E-state index contributed by atoms with van der Waals surface area (Å²) >= 11 is 0. The van der Waals surface area contributed by atoms with Gasteiger partial charge in [0, 0.05) is 11.6 Å². The number of benzene rings is 1. The average molecular weight is 249 g/mol. The Kier molecular flexibility index (Phi) is 4.76. The van der Waals surface area contributed by atoms with Crippen LogP contribution < -0.4 is 5.32 Å². The van der Waals surface area contributed by atoms with Crippen LogP contribution in [-0.4, -0.2) is 6.54 Å². The van der Waals surface area contributed by atoms with Crippen molar-refractivity contribution in [2.24, 2.45) is 11.8 Å². The van der Waals surface area contributed by atoms with Crippen LogP contribution in [0.1, 0.15) is 51.1 Å². The first kappa shape index (κ1) is 13.5. The smallest absolute Gasteiger partial charge is 0.127 e. The van der Waals surface area contributed by atoms with Crippen molar-refractivity contribution in [1.82, 2.24) is 5.32 Å². The maximum atomic E-state index is 14.0. The molecule has 3 atom stereocenters. The van der Waals surface area contributed by atoms with E-state index in [1.165, 1.54) is 19.3 Å². The summed E-state index contributed by atoms with van der Waals surface area (Å²) in [6.07, 6.45) is 4.87. The second-order valence-corrected chi connectivity index (χ2v) is 5.53. The predicted octanol–water partition coefficient (Wildman–Crippen LogP) is 4.30. The summed E-state index contributed by atoms with van der Waals surface area (Å²) in [5.41, 5.74) is 0.852. The third-order valence-corrected chi connectivity index (χ3v) is 4.21. The topological polar surface area (TPSA) is 12.0 Å². The molecule has 18 heavy (non-hydrogen) atoms. The van der Waals surface area contributed by atoms with Gasteiger partial charge in [0.25, 0.3) is 0 Å². The molecule has 2 rings (SSSR count). The highest BCUT2D eigenvalue weighted by Crippen LogP contribution is 2.40. The van der Waals surface area contributed by atoms with Crippen molar-refractivity contribution < 1.29 is 4.39 Å². The Morgan fingerprint density at radius 1 is 1.33 bits per heavy atom. The Morgan fingerprint density at radius 2 is 2.11 bits per heavy atom. The van der Waals surface area contributed by atoms with E-state index in [2.05, 4.69) is 19.2 Å². The van der Waals surface area contributed by atoms with Crippen LogP contribution in [-0.2, 0) is 0 Å². The molecular weight excluding hydrogens is 225 g/mol. The van der Waals surface area contributed by atoms with Gasteiger partial charge in [-0.15, -0.1) is 0 Å². The molecule has 1 nitrogen and oxygen atoms in total. The Balaban J connectivity index is 2.21. The fraction of sp³-hybridized carbons (Fsp3) is 0.625. The van der Waals surface area contributed by atoms with Gasteiger partial charge < -0.3 is 5.32 Å². The summed E-state index contributed by atoms with van der Waals surface area (Å²) in [4.78, 5) is 0. The maximum Gasteiger partial charge on any atom is 0.127 e. The summed E-state index contributed by atoms with van der Waals surface area (Å²) in [5.74, 6) is 1.21. The van der Waals surface area contributed by atoms with Crippen molar-refractivity contribution in [3.05, 3.63) is 35.6 Å². The molecule has 2 heteroatoms. The fourth-order valence-electron chi connectivity index (χ4n) is 3.19. The van der Waals surface area contributed by atoms with Crippen LogP contribution in [0, 0.1) is 17.7 Å². The summed E-state index contributed by atoms with van der Waals surface area (Å²) in [6.45, 7) is 5.42. The van der Waals surface area contributed by atoms with Crippen LogP contribution in [0.5, 0.6) is 0 Å². The van der Waals surface area contributed by atoms with Crippen LogP contribution in [0.2, 0.25) is 0 Å². The van der Waals surface area contributed by atoms with Gasteiger partial charge in [-0.1, -0.05) is 44.9 Å². The minimum absolute atomic E-state index is 0.0646. The molecule has 1 fully saturated rings. The number of nitrogens with one attached hydrogen (secondary N) is 1. The Morgan fingerprint density at radius 3 is 2.72 bits per heavy atom. The van der Waals surface area contributed by atoms with Crippen molar-refractivity contribution in [2.75, 3.05) is 6.54 Å². The highest BCUT2D eigenvalue weighted by atomic mass is 19.1. The largest absolute Gasteiger partial charge is 0.310 e. The summed E-state index contributed by atoms with van der Waals surface area (Å²) in [7, 11) is 0. The van der Waals surface area contributed by atoms with E-state index in [1.807, 2.05) is 12.1 Å². The molecule has 1 aliphatic carbocycles. The molecule has 1 aromatic carbocycles. The standard InChI is InChI=1S/C16H24FN/c1-3-11-18-16(13-9-6-7-12(13)2)14-8-4-5-10-15(14)17/h4-5,8,10,12-13,16,18H,3,6-7,9,11H2,1-2H3. The van der Waals surface area contributed by atoms with Crippen LogP contribution >= 0.6 is 0 Å². The van der Waals surface area contributed by atoms with Crippen molar-refractivity contribution >= 4 is 0 Å². The molecule has 1 aromatic rings. The lowest BCUT2D eigenvalue weighted by Gasteiger charge is -2.28. The van der Waals surface area contributed by atoms with Gasteiger partial charge in [0.15, 0.2) is 0 Å². The highest BCUT2D eigenvalue weighted by molar-refractivity contribution is 5.22. The Hall–Kier alpha value is -0.890. The molecule has 0 amide bonds. The van der Waals surface area contributed by atoms with Gasteiger partial charge in [-0.25, -0.2) is 4.39 Å². The van der Waals surface area contributed by atoms with Crippen molar-refractivity contribution in [3.8, 4) is 0 Å². The number of hydrogen-bond donors (Lipinski definition) is 1. The summed E-state index contributed by atoms with van der Waals surface area (Å²) in [5, 5.41) is 3.56. The van der Waals surface area contributed by atoms with E-state index in [1.54, 1.807) is 12.1 Å². The van der Waals surface area contributed by atoms with Gasteiger partial charge in [0.2, 0.25) is 0 Å². The quantitative estimate of drug-likeness (QED) is 0.820. The maximum absolute atomic E-state index is 14.0. The predicted molar refractivity (Wildman–Crippen MR) is 73.9 cm³/mol. The van der Waals surface area contributed by atoms with Gasteiger partial charge in [0.05, 0.1) is 0 Å². The van der Waals surface area contributed by atoms with E-state index < -0.39 is 0 Å². The molecule has 1 saturated carbocycles. The first-order chi connectivity index (χ1) is 8.74. The summed E-state index contributed by atoms with van der Waals surface area (Å²) in [6, 6.07) is 7.42. The molecule has 1 aliphatic rings. The lowest BCUT2D eigenvalue weighted by atomic mass is 9.85. The van der Waals surface area contributed by atoms with Crippen LogP contribution in [0.15, 0.2) is 24.3 Å².